The van der Waals surface area contributed by atoms with Gasteiger partial charge in [-0.2, -0.15) is 0 Å². The van der Waals surface area contributed by atoms with Gasteiger partial charge in [-0.3, -0.25) is 25.1 Å². The molecule has 0 fully saturated rings. The van der Waals surface area contributed by atoms with Crippen molar-refractivity contribution in [3.8, 4) is 11.1 Å². The van der Waals surface area contributed by atoms with E-state index in [2.05, 4.69) is 5.32 Å². The lowest BCUT2D eigenvalue weighted by molar-refractivity contribution is -0.384. The van der Waals surface area contributed by atoms with E-state index in [0.29, 0.717) is 23.1 Å². The highest BCUT2D eigenvalue weighted by Crippen LogP contribution is 2.24. The summed E-state index contributed by atoms with van der Waals surface area (Å²) in [6.07, 6.45) is 0.293. The number of benzene rings is 3. The van der Waals surface area contributed by atoms with Crippen molar-refractivity contribution in [2.45, 2.75) is 19.4 Å². The first-order valence-corrected chi connectivity index (χ1v) is 10.9. The Morgan fingerprint density at radius 1 is 1.03 bits per heavy atom. The van der Waals surface area contributed by atoms with Crippen LogP contribution in [0.3, 0.4) is 0 Å². The van der Waals surface area contributed by atoms with Crippen molar-refractivity contribution >= 4 is 23.4 Å². The molecular weight excluding hydrogens is 448 g/mol. The normalized spacial score (nSPS) is 12.3. The zero-order valence-corrected chi connectivity index (χ0v) is 19.4. The molecule has 35 heavy (non-hydrogen) atoms. The zero-order valence-electron chi connectivity index (χ0n) is 19.4. The Balaban J connectivity index is 1.74. The van der Waals surface area contributed by atoms with E-state index >= 15 is 0 Å². The smallest absolute Gasteiger partial charge is 0.311 e. The van der Waals surface area contributed by atoms with E-state index < -0.39 is 22.9 Å². The number of non-ortho nitro benzene ring substituents is 1. The maximum absolute atomic E-state index is 12.9. The van der Waals surface area contributed by atoms with Crippen LogP contribution in [0.15, 0.2) is 72.8 Å². The van der Waals surface area contributed by atoms with Crippen molar-refractivity contribution < 1.29 is 19.2 Å². The van der Waals surface area contributed by atoms with Crippen LogP contribution in [0.25, 0.3) is 11.1 Å². The number of nitrogens with zero attached hydrogens (tertiary/aromatic N) is 1. The second-order valence-corrected chi connectivity index (χ2v) is 8.09. The molecule has 0 aliphatic heterocycles. The highest BCUT2D eigenvalue weighted by molar-refractivity contribution is 5.95. The average Bonchev–Trinajstić information content (AvgIpc) is 2.87. The minimum Gasteiger partial charge on any atom is -0.469 e. The van der Waals surface area contributed by atoms with Gasteiger partial charge in [0.05, 0.1) is 18.0 Å². The number of rotatable bonds is 9. The summed E-state index contributed by atoms with van der Waals surface area (Å²) >= 11 is 0. The van der Waals surface area contributed by atoms with Crippen LogP contribution in [0, 0.1) is 21.4 Å². The van der Waals surface area contributed by atoms with Crippen LogP contribution < -0.4 is 11.1 Å². The second kappa shape index (κ2) is 11.1. The zero-order chi connectivity index (χ0) is 25.5. The van der Waals surface area contributed by atoms with Crippen molar-refractivity contribution in [1.82, 2.24) is 5.32 Å². The van der Waals surface area contributed by atoms with Gasteiger partial charge in [0.2, 0.25) is 0 Å². The molecule has 0 saturated carbocycles. The van der Waals surface area contributed by atoms with E-state index in [4.69, 9.17) is 15.9 Å². The van der Waals surface area contributed by atoms with Crippen LogP contribution in [-0.4, -0.2) is 35.8 Å². The summed E-state index contributed by atoms with van der Waals surface area (Å²) in [6.45, 7) is 1.73. The van der Waals surface area contributed by atoms with Gasteiger partial charge in [0.1, 0.15) is 5.84 Å². The molecule has 0 spiro atoms. The fourth-order valence-electron chi connectivity index (χ4n) is 3.74. The van der Waals surface area contributed by atoms with Crippen LogP contribution in [0.1, 0.15) is 28.4 Å². The first-order chi connectivity index (χ1) is 16.7. The van der Waals surface area contributed by atoms with Gasteiger partial charge >= 0.3 is 5.97 Å². The molecule has 1 unspecified atom stereocenters. The third-order valence-corrected chi connectivity index (χ3v) is 5.70. The van der Waals surface area contributed by atoms with E-state index in [0.717, 1.165) is 11.1 Å². The number of hydrogen-bond acceptors (Lipinski definition) is 6. The second-order valence-electron chi connectivity index (χ2n) is 8.09. The molecule has 0 radical (unpaired) electrons. The summed E-state index contributed by atoms with van der Waals surface area (Å²) in [4.78, 5) is 35.9. The number of carbonyl (C=O) groups excluding carboxylic acids is 2. The summed E-state index contributed by atoms with van der Waals surface area (Å²) in [5.74, 6) is -1.56. The summed E-state index contributed by atoms with van der Waals surface area (Å²) in [5, 5.41) is 21.5. The van der Waals surface area contributed by atoms with E-state index in [1.165, 1.54) is 19.2 Å². The van der Waals surface area contributed by atoms with Gasteiger partial charge in [-0.15, -0.1) is 0 Å². The summed E-state index contributed by atoms with van der Waals surface area (Å²) < 4.78 is 4.96. The Morgan fingerprint density at radius 2 is 1.71 bits per heavy atom. The van der Waals surface area contributed by atoms with Crippen molar-refractivity contribution in [3.05, 3.63) is 99.6 Å². The quantitative estimate of drug-likeness (QED) is 0.142. The highest BCUT2D eigenvalue weighted by Gasteiger charge is 2.28. The molecule has 0 aliphatic carbocycles. The highest BCUT2D eigenvalue weighted by atomic mass is 16.6. The van der Waals surface area contributed by atoms with Crippen LogP contribution in [0.2, 0.25) is 0 Å². The van der Waals surface area contributed by atoms with Gasteiger partial charge < -0.3 is 15.8 Å². The minimum absolute atomic E-state index is 0.0131. The maximum atomic E-state index is 12.9. The predicted octanol–water partition coefficient (Wildman–Crippen LogP) is 3.70. The lowest BCUT2D eigenvalue weighted by atomic mass is 9.92. The number of nitro groups is 1. The molecular formula is C26H26N4O5. The molecule has 1 amide bonds. The summed E-state index contributed by atoms with van der Waals surface area (Å²) in [6, 6.07) is 19.4. The van der Waals surface area contributed by atoms with Crippen molar-refractivity contribution in [2.75, 3.05) is 7.11 Å². The van der Waals surface area contributed by atoms with Crippen LogP contribution >= 0.6 is 0 Å². The van der Waals surface area contributed by atoms with E-state index in [1.54, 1.807) is 61.5 Å². The number of hydrogen-bond donors (Lipinski definition) is 3. The van der Waals surface area contributed by atoms with Gasteiger partial charge in [-0.05, 0) is 48.2 Å². The Hall–Kier alpha value is -4.53. The van der Waals surface area contributed by atoms with E-state index in [9.17, 15) is 19.7 Å². The van der Waals surface area contributed by atoms with Gasteiger partial charge in [-0.25, -0.2) is 0 Å². The van der Waals surface area contributed by atoms with Crippen LogP contribution in [-0.2, 0) is 16.0 Å². The first kappa shape index (κ1) is 25.1. The molecule has 180 valence electrons. The fraction of sp³-hybridized carbons (Fsp3) is 0.192. The van der Waals surface area contributed by atoms with Gasteiger partial charge in [0, 0.05) is 29.3 Å². The Morgan fingerprint density at radius 3 is 2.34 bits per heavy atom. The number of ether oxygens (including phenoxy) is 1. The molecule has 9 heteroatoms. The fourth-order valence-corrected chi connectivity index (χ4v) is 3.74. The van der Waals surface area contributed by atoms with Crippen molar-refractivity contribution in [2.24, 2.45) is 11.7 Å². The molecule has 0 heterocycles. The van der Waals surface area contributed by atoms with Gasteiger partial charge in [-0.1, -0.05) is 42.5 Å². The number of nitrogen functional groups attached to an aromatic ring is 1. The molecule has 4 N–H and O–H groups in total. The molecule has 0 aliphatic rings. The number of methoxy groups -OCH3 is 1. The Kier molecular flexibility index (Phi) is 7.93. The molecule has 3 rings (SSSR count). The number of amides is 1. The SMILES string of the molecule is COC(=O)[C@@H](Cc1cccc(C(=N)N)c1)C(C)NC(=O)c1ccc(-c2cccc([N+](=O)[O-])c2)cc1. The summed E-state index contributed by atoms with van der Waals surface area (Å²) in [7, 11) is 1.29. The third kappa shape index (κ3) is 6.29. The number of nitrogens with two attached hydrogens (primary N) is 1. The predicted molar refractivity (Wildman–Crippen MR) is 132 cm³/mol. The number of nitro benzene ring substituents is 1. The molecule has 0 aromatic heterocycles. The van der Waals surface area contributed by atoms with Gasteiger partial charge in [0.25, 0.3) is 11.6 Å². The number of carbonyl (C=O) groups is 2. The molecule has 0 saturated heterocycles. The van der Waals surface area contributed by atoms with Crippen molar-refractivity contribution in [3.63, 3.8) is 0 Å². The van der Waals surface area contributed by atoms with Gasteiger partial charge in [0.15, 0.2) is 0 Å². The first-order valence-electron chi connectivity index (χ1n) is 10.9. The number of amidine groups is 1. The number of nitrogens with one attached hydrogen (secondary N) is 2. The monoisotopic (exact) mass is 474 g/mol. The lowest BCUT2D eigenvalue weighted by Crippen LogP contribution is -2.42. The standard InChI is InChI=1S/C26H26N4O5/c1-16(23(26(32)35-2)14-17-5-3-7-21(13-17)24(27)28)29-25(31)19-11-9-18(10-12-19)20-6-4-8-22(15-20)30(33)34/h3-13,15-16,23H,14H2,1-2H3,(H3,27,28)(H,29,31)/t16?,23-/m0/s1. The van der Waals surface area contributed by atoms with Crippen LogP contribution in [0.4, 0.5) is 5.69 Å². The Labute approximate surface area is 202 Å². The molecule has 3 aromatic rings. The largest absolute Gasteiger partial charge is 0.469 e. The number of esters is 1. The molecule has 0 bridgehead atoms. The van der Waals surface area contributed by atoms with E-state index in [-0.39, 0.29) is 17.4 Å². The lowest BCUT2D eigenvalue weighted by Gasteiger charge is -2.23. The third-order valence-electron chi connectivity index (χ3n) is 5.70. The topological polar surface area (TPSA) is 148 Å². The maximum Gasteiger partial charge on any atom is 0.311 e. The molecule has 9 nitrogen and oxygen atoms in total. The van der Waals surface area contributed by atoms with Crippen LogP contribution in [0.5, 0.6) is 0 Å². The molecule has 2 atom stereocenters. The van der Waals surface area contributed by atoms with E-state index in [1.807, 2.05) is 6.07 Å². The van der Waals surface area contributed by atoms with Crippen molar-refractivity contribution in [1.29, 1.82) is 5.41 Å². The minimum atomic E-state index is -0.657. The molecule has 3 aromatic carbocycles. The average molecular weight is 475 g/mol. The summed E-state index contributed by atoms with van der Waals surface area (Å²) in [5.41, 5.74) is 8.66. The Bertz CT molecular complexity index is 1260.